The van der Waals surface area contributed by atoms with Crippen molar-refractivity contribution in [1.82, 2.24) is 24.8 Å². The number of phenols is 1. The van der Waals surface area contributed by atoms with Crippen molar-refractivity contribution in [3.05, 3.63) is 59.9 Å². The van der Waals surface area contributed by atoms with Gasteiger partial charge < -0.3 is 9.84 Å². The highest BCUT2D eigenvalue weighted by Crippen LogP contribution is 2.27. The van der Waals surface area contributed by atoms with Crippen LogP contribution in [-0.2, 0) is 19.5 Å². The van der Waals surface area contributed by atoms with Crippen LogP contribution in [0.15, 0.2) is 43.1 Å². The van der Waals surface area contributed by atoms with E-state index in [0.29, 0.717) is 12.4 Å². The molecule has 1 aliphatic rings. The van der Waals surface area contributed by atoms with Crippen molar-refractivity contribution in [3.63, 3.8) is 0 Å². The molecule has 26 heavy (non-hydrogen) atoms. The number of benzene rings is 1. The van der Waals surface area contributed by atoms with Crippen LogP contribution in [0.5, 0.6) is 11.5 Å². The molecule has 0 bridgehead atoms. The number of ether oxygens (including phenoxy) is 1. The number of methoxy groups -OCH3 is 1. The van der Waals surface area contributed by atoms with Crippen LogP contribution in [0.3, 0.4) is 0 Å². The third kappa shape index (κ3) is 3.34. The SMILES string of the molecule is COc1ccc(O)c(CN2CCc3nc(-c4cncnc4)ncc3C2)c1. The van der Waals surface area contributed by atoms with Crippen molar-refractivity contribution in [3.8, 4) is 22.9 Å². The molecule has 3 aromatic rings. The van der Waals surface area contributed by atoms with Gasteiger partial charge in [-0.3, -0.25) is 4.90 Å². The van der Waals surface area contributed by atoms with Crippen LogP contribution in [0.4, 0.5) is 0 Å². The average molecular weight is 349 g/mol. The highest BCUT2D eigenvalue weighted by molar-refractivity contribution is 5.52. The van der Waals surface area contributed by atoms with Crippen LogP contribution in [0.25, 0.3) is 11.4 Å². The molecule has 0 unspecified atom stereocenters. The molecule has 0 amide bonds. The van der Waals surface area contributed by atoms with Crippen molar-refractivity contribution >= 4 is 0 Å². The number of nitrogens with zero attached hydrogens (tertiary/aromatic N) is 5. The van der Waals surface area contributed by atoms with Gasteiger partial charge in [-0.05, 0) is 18.2 Å². The summed E-state index contributed by atoms with van der Waals surface area (Å²) in [4.78, 5) is 19.5. The van der Waals surface area contributed by atoms with Gasteiger partial charge >= 0.3 is 0 Å². The number of phenolic OH excluding ortho intramolecular Hbond substituents is 1. The summed E-state index contributed by atoms with van der Waals surface area (Å²) < 4.78 is 5.25. The van der Waals surface area contributed by atoms with Crippen LogP contribution >= 0.6 is 0 Å². The van der Waals surface area contributed by atoms with Gasteiger partial charge in [0.1, 0.15) is 17.8 Å². The molecular weight excluding hydrogens is 330 g/mol. The Kier molecular flexibility index (Phi) is 4.45. The Labute approximate surface area is 151 Å². The quantitative estimate of drug-likeness (QED) is 0.773. The Balaban J connectivity index is 1.52. The fraction of sp³-hybridized carbons (Fsp3) is 0.263. The van der Waals surface area contributed by atoms with Crippen molar-refractivity contribution in [1.29, 1.82) is 0 Å². The van der Waals surface area contributed by atoms with Gasteiger partial charge in [-0.15, -0.1) is 0 Å². The number of aromatic hydroxyl groups is 1. The summed E-state index contributed by atoms with van der Waals surface area (Å²) in [5.41, 5.74) is 3.84. The van der Waals surface area contributed by atoms with E-state index >= 15 is 0 Å². The smallest absolute Gasteiger partial charge is 0.162 e. The fourth-order valence-electron chi connectivity index (χ4n) is 3.12. The van der Waals surface area contributed by atoms with E-state index in [1.54, 1.807) is 31.6 Å². The largest absolute Gasteiger partial charge is 0.508 e. The van der Waals surface area contributed by atoms with Crippen LogP contribution in [0.1, 0.15) is 16.8 Å². The van der Waals surface area contributed by atoms with Crippen molar-refractivity contribution in [2.45, 2.75) is 19.5 Å². The van der Waals surface area contributed by atoms with Gasteiger partial charge in [-0.1, -0.05) is 0 Å². The molecule has 0 aliphatic carbocycles. The minimum atomic E-state index is 0.285. The lowest BCUT2D eigenvalue weighted by Crippen LogP contribution is -2.31. The second kappa shape index (κ2) is 7.05. The second-order valence-corrected chi connectivity index (χ2v) is 6.25. The van der Waals surface area contributed by atoms with E-state index in [1.807, 2.05) is 12.3 Å². The van der Waals surface area contributed by atoms with Gasteiger partial charge in [0.15, 0.2) is 5.82 Å². The van der Waals surface area contributed by atoms with Crippen LogP contribution in [0, 0.1) is 0 Å². The lowest BCUT2D eigenvalue weighted by atomic mass is 10.1. The standard InChI is InChI=1S/C19H19N5O2/c1-26-16-2-3-18(25)13(6-16)10-24-5-4-17-15(11-24)9-22-19(23-17)14-7-20-12-21-8-14/h2-3,6-9,12,25H,4-5,10-11H2,1H3. The normalized spacial score (nSPS) is 14.0. The molecule has 132 valence electrons. The lowest BCUT2D eigenvalue weighted by molar-refractivity contribution is 0.239. The summed E-state index contributed by atoms with van der Waals surface area (Å²) in [6, 6.07) is 5.30. The molecule has 0 fully saturated rings. The first-order valence-corrected chi connectivity index (χ1v) is 8.41. The monoisotopic (exact) mass is 349 g/mol. The molecule has 0 spiro atoms. The van der Waals surface area contributed by atoms with Crippen LogP contribution in [0.2, 0.25) is 0 Å². The third-order valence-electron chi connectivity index (χ3n) is 4.51. The number of rotatable bonds is 4. The topological polar surface area (TPSA) is 84.3 Å². The van der Waals surface area contributed by atoms with Gasteiger partial charge in [0.05, 0.1) is 18.4 Å². The molecule has 2 aromatic heterocycles. The molecule has 0 saturated heterocycles. The first kappa shape index (κ1) is 16.4. The lowest BCUT2D eigenvalue weighted by Gasteiger charge is -2.28. The maximum atomic E-state index is 10.1. The second-order valence-electron chi connectivity index (χ2n) is 6.25. The maximum Gasteiger partial charge on any atom is 0.162 e. The van der Waals surface area contributed by atoms with Crippen molar-refractivity contribution in [2.75, 3.05) is 13.7 Å². The minimum Gasteiger partial charge on any atom is -0.508 e. The Hall–Kier alpha value is -3.06. The Morgan fingerprint density at radius 1 is 1.19 bits per heavy atom. The van der Waals surface area contributed by atoms with E-state index in [0.717, 1.165) is 47.6 Å². The van der Waals surface area contributed by atoms with Crippen LogP contribution < -0.4 is 4.74 Å². The number of aromatic nitrogens is 4. The number of hydrogen-bond acceptors (Lipinski definition) is 7. The molecule has 0 atom stereocenters. The highest BCUT2D eigenvalue weighted by Gasteiger charge is 2.20. The Morgan fingerprint density at radius 3 is 2.85 bits per heavy atom. The van der Waals surface area contributed by atoms with Gasteiger partial charge in [0, 0.05) is 55.8 Å². The number of fused-ring (bicyclic) bond motifs is 1. The predicted molar refractivity (Wildman–Crippen MR) is 95.5 cm³/mol. The average Bonchev–Trinajstić information content (AvgIpc) is 2.70. The third-order valence-corrected chi connectivity index (χ3v) is 4.51. The van der Waals surface area contributed by atoms with Crippen molar-refractivity contribution < 1.29 is 9.84 Å². The molecule has 4 rings (SSSR count). The van der Waals surface area contributed by atoms with E-state index in [-0.39, 0.29) is 5.75 Å². The molecule has 0 radical (unpaired) electrons. The van der Waals surface area contributed by atoms with Gasteiger partial charge in [-0.25, -0.2) is 19.9 Å². The molecule has 7 nitrogen and oxygen atoms in total. The van der Waals surface area contributed by atoms with E-state index < -0.39 is 0 Å². The molecule has 1 aromatic carbocycles. The van der Waals surface area contributed by atoms with E-state index in [2.05, 4.69) is 24.8 Å². The summed E-state index contributed by atoms with van der Waals surface area (Å²) in [5, 5.41) is 10.1. The molecule has 1 N–H and O–H groups in total. The first-order valence-electron chi connectivity index (χ1n) is 8.41. The fourth-order valence-corrected chi connectivity index (χ4v) is 3.12. The van der Waals surface area contributed by atoms with E-state index in [1.165, 1.54) is 6.33 Å². The zero-order valence-corrected chi connectivity index (χ0v) is 14.5. The summed E-state index contributed by atoms with van der Waals surface area (Å²) in [6.07, 6.45) is 7.64. The summed E-state index contributed by atoms with van der Waals surface area (Å²) in [5.74, 6) is 1.68. The Bertz CT molecular complexity index is 917. The zero-order valence-electron chi connectivity index (χ0n) is 14.5. The van der Waals surface area contributed by atoms with Gasteiger partial charge in [-0.2, -0.15) is 0 Å². The number of hydrogen-bond donors (Lipinski definition) is 1. The molecule has 3 heterocycles. The van der Waals surface area contributed by atoms with Crippen LogP contribution in [-0.4, -0.2) is 43.6 Å². The van der Waals surface area contributed by atoms with Gasteiger partial charge in [0.25, 0.3) is 0 Å². The highest BCUT2D eigenvalue weighted by atomic mass is 16.5. The maximum absolute atomic E-state index is 10.1. The minimum absolute atomic E-state index is 0.285. The predicted octanol–water partition coefficient (Wildman–Crippen LogP) is 2.21. The van der Waals surface area contributed by atoms with Gasteiger partial charge in [0.2, 0.25) is 0 Å². The molecule has 0 saturated carbocycles. The molecule has 1 aliphatic heterocycles. The summed E-state index contributed by atoms with van der Waals surface area (Å²) in [7, 11) is 1.63. The first-order chi connectivity index (χ1) is 12.7. The molecular formula is C19H19N5O2. The van der Waals surface area contributed by atoms with E-state index in [4.69, 9.17) is 4.74 Å². The van der Waals surface area contributed by atoms with Crippen molar-refractivity contribution in [2.24, 2.45) is 0 Å². The van der Waals surface area contributed by atoms with E-state index in [9.17, 15) is 5.11 Å². The Morgan fingerprint density at radius 2 is 2.04 bits per heavy atom. The summed E-state index contributed by atoms with van der Waals surface area (Å²) in [6.45, 7) is 2.26. The molecule has 7 heteroatoms. The summed E-state index contributed by atoms with van der Waals surface area (Å²) >= 11 is 0. The zero-order chi connectivity index (χ0) is 17.9.